The highest BCUT2D eigenvalue weighted by atomic mass is 35.5. The topological polar surface area (TPSA) is 87.2 Å². The van der Waals surface area contributed by atoms with Gasteiger partial charge in [-0.1, -0.05) is 41.9 Å². The Labute approximate surface area is 177 Å². The third kappa shape index (κ3) is 9.58. The molecule has 0 saturated carbocycles. The number of unbranched alkanes of at least 4 members (excludes halogenated alkanes) is 1. The number of likely N-dealkylation sites (N-methyl/N-ethyl adjacent to an activating group) is 1. The van der Waals surface area contributed by atoms with Crippen LogP contribution in [-0.2, 0) is 11.2 Å². The van der Waals surface area contributed by atoms with E-state index in [9.17, 15) is 9.90 Å². The second-order valence-corrected chi connectivity index (χ2v) is 8.42. The molecule has 1 aromatic carbocycles. The Morgan fingerprint density at radius 3 is 2.59 bits per heavy atom. The van der Waals surface area contributed by atoms with E-state index in [1.807, 2.05) is 39.3 Å². The van der Waals surface area contributed by atoms with E-state index in [-0.39, 0.29) is 17.5 Å². The van der Waals surface area contributed by atoms with E-state index in [1.54, 1.807) is 6.07 Å². The SMILES string of the molecule is C[N+](C)(C)CC(CC(=O)[O-])Nc1nc(Cl)cc(OCCCCc2ccccc2)n1. The van der Waals surface area contributed by atoms with Crippen molar-refractivity contribution in [3.05, 3.63) is 47.1 Å². The molecule has 1 N–H and O–H groups in total. The van der Waals surface area contributed by atoms with Crippen LogP contribution in [0.4, 0.5) is 5.95 Å². The van der Waals surface area contributed by atoms with Crippen LogP contribution in [0.5, 0.6) is 5.88 Å². The molecule has 29 heavy (non-hydrogen) atoms. The second kappa shape index (κ2) is 11.0. The molecule has 1 atom stereocenters. The fourth-order valence-electron chi connectivity index (χ4n) is 2.99. The first-order chi connectivity index (χ1) is 13.7. The van der Waals surface area contributed by atoms with Crippen molar-refractivity contribution in [3.8, 4) is 5.88 Å². The number of carboxylic acid groups (broad SMARTS) is 1. The van der Waals surface area contributed by atoms with Crippen molar-refractivity contribution in [1.82, 2.24) is 9.97 Å². The Morgan fingerprint density at radius 1 is 1.21 bits per heavy atom. The summed E-state index contributed by atoms with van der Waals surface area (Å²) in [4.78, 5) is 19.5. The van der Waals surface area contributed by atoms with Gasteiger partial charge in [0.25, 0.3) is 0 Å². The molecule has 0 aliphatic rings. The number of aromatic nitrogens is 2. The summed E-state index contributed by atoms with van der Waals surface area (Å²) in [5.74, 6) is -0.519. The van der Waals surface area contributed by atoms with Crippen molar-refractivity contribution in [2.75, 3.05) is 39.6 Å². The molecule has 0 aliphatic heterocycles. The normalized spacial score (nSPS) is 12.4. The third-order valence-corrected chi connectivity index (χ3v) is 4.33. The maximum atomic E-state index is 11.1. The summed E-state index contributed by atoms with van der Waals surface area (Å²) in [5, 5.41) is 14.4. The van der Waals surface area contributed by atoms with E-state index in [4.69, 9.17) is 16.3 Å². The van der Waals surface area contributed by atoms with Crippen LogP contribution < -0.4 is 15.2 Å². The number of hydrogen-bond donors (Lipinski definition) is 1. The average molecular weight is 421 g/mol. The molecule has 2 aromatic rings. The highest BCUT2D eigenvalue weighted by Crippen LogP contribution is 2.18. The van der Waals surface area contributed by atoms with Crippen molar-refractivity contribution >= 4 is 23.5 Å². The zero-order valence-electron chi connectivity index (χ0n) is 17.2. The number of halogens is 1. The van der Waals surface area contributed by atoms with Gasteiger partial charge in [0.15, 0.2) is 0 Å². The number of rotatable bonds is 12. The first-order valence-corrected chi connectivity index (χ1v) is 10.1. The quantitative estimate of drug-likeness (QED) is 0.321. The minimum Gasteiger partial charge on any atom is -0.550 e. The third-order valence-electron chi connectivity index (χ3n) is 4.14. The van der Waals surface area contributed by atoms with Gasteiger partial charge in [0.05, 0.1) is 40.3 Å². The zero-order chi connectivity index (χ0) is 21.3. The number of benzene rings is 1. The van der Waals surface area contributed by atoms with Crippen LogP contribution in [0.1, 0.15) is 24.8 Å². The number of carbonyl (C=O) groups is 1. The average Bonchev–Trinajstić information content (AvgIpc) is 2.60. The van der Waals surface area contributed by atoms with Crippen molar-refractivity contribution in [1.29, 1.82) is 0 Å². The van der Waals surface area contributed by atoms with Gasteiger partial charge >= 0.3 is 0 Å². The van der Waals surface area contributed by atoms with Crippen LogP contribution in [0.25, 0.3) is 0 Å². The van der Waals surface area contributed by atoms with Crippen molar-refractivity contribution in [2.24, 2.45) is 0 Å². The fraction of sp³-hybridized carbons (Fsp3) is 0.476. The lowest BCUT2D eigenvalue weighted by atomic mass is 10.1. The summed E-state index contributed by atoms with van der Waals surface area (Å²) in [6.07, 6.45) is 2.73. The number of ether oxygens (including phenoxy) is 1. The van der Waals surface area contributed by atoms with Gasteiger partial charge in [-0.15, -0.1) is 0 Å². The van der Waals surface area contributed by atoms with Crippen LogP contribution in [0.3, 0.4) is 0 Å². The first kappa shape index (κ1) is 22.9. The van der Waals surface area contributed by atoms with Gasteiger partial charge in [-0.3, -0.25) is 0 Å². The molecule has 1 heterocycles. The van der Waals surface area contributed by atoms with Gasteiger partial charge in [0.2, 0.25) is 11.8 Å². The summed E-state index contributed by atoms with van der Waals surface area (Å²) in [5.41, 5.74) is 1.31. The lowest BCUT2D eigenvalue weighted by molar-refractivity contribution is -0.870. The Balaban J connectivity index is 1.89. The van der Waals surface area contributed by atoms with Crippen LogP contribution in [0.15, 0.2) is 36.4 Å². The van der Waals surface area contributed by atoms with Crippen LogP contribution in [0, 0.1) is 0 Å². The van der Waals surface area contributed by atoms with Crippen LogP contribution in [-0.4, -0.2) is 60.8 Å². The van der Waals surface area contributed by atoms with Gasteiger partial charge in [0, 0.05) is 18.5 Å². The molecule has 2 rings (SSSR count). The number of anilines is 1. The zero-order valence-corrected chi connectivity index (χ0v) is 18.0. The molecule has 0 amide bonds. The second-order valence-electron chi connectivity index (χ2n) is 8.03. The summed E-state index contributed by atoms with van der Waals surface area (Å²) >= 11 is 6.09. The maximum absolute atomic E-state index is 11.1. The highest BCUT2D eigenvalue weighted by molar-refractivity contribution is 6.29. The van der Waals surface area contributed by atoms with E-state index in [2.05, 4.69) is 27.4 Å². The number of quaternary nitrogens is 1. The van der Waals surface area contributed by atoms with Crippen LogP contribution >= 0.6 is 11.6 Å². The van der Waals surface area contributed by atoms with E-state index in [1.165, 1.54) is 5.56 Å². The number of aliphatic carboxylic acids is 1. The van der Waals surface area contributed by atoms with E-state index in [0.717, 1.165) is 19.3 Å². The molecule has 0 aliphatic carbocycles. The number of aryl methyl sites for hydroxylation is 1. The lowest BCUT2D eigenvalue weighted by Gasteiger charge is -2.30. The van der Waals surface area contributed by atoms with Crippen molar-refractivity contribution in [3.63, 3.8) is 0 Å². The molecule has 0 radical (unpaired) electrons. The number of carboxylic acids is 1. The van der Waals surface area contributed by atoms with Gasteiger partial charge in [-0.25, -0.2) is 4.98 Å². The van der Waals surface area contributed by atoms with Gasteiger partial charge in [0.1, 0.15) is 5.15 Å². The molecular formula is C21H29ClN4O3. The number of nitrogens with one attached hydrogen (secondary N) is 1. The smallest absolute Gasteiger partial charge is 0.227 e. The fourth-order valence-corrected chi connectivity index (χ4v) is 3.17. The van der Waals surface area contributed by atoms with Crippen molar-refractivity contribution < 1.29 is 19.1 Å². The molecular weight excluding hydrogens is 392 g/mol. The number of hydrogen-bond acceptors (Lipinski definition) is 6. The molecule has 0 saturated heterocycles. The van der Waals surface area contributed by atoms with E-state index < -0.39 is 12.0 Å². The maximum Gasteiger partial charge on any atom is 0.227 e. The first-order valence-electron chi connectivity index (χ1n) is 9.69. The standard InChI is InChI=1S/C21H29ClN4O3/c1-26(2,3)15-17(13-20(27)28)23-21-24-18(22)14-19(25-21)29-12-8-7-11-16-9-5-4-6-10-16/h4-6,9-10,14,17H,7-8,11-13,15H2,1-3H3,(H-,23,24,25,27,28). The van der Waals surface area contributed by atoms with Gasteiger partial charge < -0.3 is 24.4 Å². The molecule has 158 valence electrons. The summed E-state index contributed by atoms with van der Waals surface area (Å²) in [7, 11) is 5.94. The van der Waals surface area contributed by atoms with E-state index in [0.29, 0.717) is 23.5 Å². The minimum atomic E-state index is -1.13. The van der Waals surface area contributed by atoms with E-state index >= 15 is 0 Å². The molecule has 0 bridgehead atoms. The highest BCUT2D eigenvalue weighted by Gasteiger charge is 2.20. The molecule has 0 spiro atoms. The Kier molecular flexibility index (Phi) is 8.67. The molecule has 1 unspecified atom stereocenters. The predicted octanol–water partition coefficient (Wildman–Crippen LogP) is 2.16. The number of carbonyl (C=O) groups excluding carboxylic acids is 1. The summed E-state index contributed by atoms with van der Waals surface area (Å²) in [6.45, 7) is 1.07. The van der Waals surface area contributed by atoms with Crippen LogP contribution in [0.2, 0.25) is 5.15 Å². The van der Waals surface area contributed by atoms with Crippen molar-refractivity contribution in [2.45, 2.75) is 31.7 Å². The Morgan fingerprint density at radius 2 is 1.93 bits per heavy atom. The summed E-state index contributed by atoms with van der Waals surface area (Å²) < 4.78 is 6.30. The van der Waals surface area contributed by atoms with Gasteiger partial charge in [-0.2, -0.15) is 4.98 Å². The predicted molar refractivity (Wildman–Crippen MR) is 112 cm³/mol. The monoisotopic (exact) mass is 420 g/mol. The Hall–Kier alpha value is -2.38. The molecule has 7 nitrogen and oxygen atoms in total. The summed E-state index contributed by atoms with van der Waals surface area (Å²) in [6, 6.07) is 11.5. The molecule has 8 heteroatoms. The van der Waals surface area contributed by atoms with Gasteiger partial charge in [-0.05, 0) is 24.8 Å². The molecule has 0 fully saturated rings. The lowest BCUT2D eigenvalue weighted by Crippen LogP contribution is -2.46. The minimum absolute atomic E-state index is 0.152. The number of nitrogens with zero attached hydrogens (tertiary/aromatic N) is 3. The largest absolute Gasteiger partial charge is 0.550 e. The molecule has 1 aromatic heterocycles. The Bertz CT molecular complexity index is 781.